The maximum absolute atomic E-state index is 12.8. The number of carbonyl (C=O) groups is 1. The number of benzene rings is 1. The molecule has 6 heteroatoms. The summed E-state index contributed by atoms with van der Waals surface area (Å²) in [5, 5.41) is 3.03. The molecule has 0 spiro atoms. The maximum atomic E-state index is 12.8. The van der Waals surface area contributed by atoms with Crippen LogP contribution in [0.2, 0.25) is 0 Å². The number of aromatic nitrogens is 4. The second-order valence-corrected chi connectivity index (χ2v) is 7.29. The van der Waals surface area contributed by atoms with Crippen LogP contribution in [0.5, 0.6) is 0 Å². The summed E-state index contributed by atoms with van der Waals surface area (Å²) in [6, 6.07) is 15.5. The summed E-state index contributed by atoms with van der Waals surface area (Å²) in [6.45, 7) is 5.91. The normalized spacial score (nSPS) is 11.8. The topological polar surface area (TPSA) is 83.6 Å². The Labute approximate surface area is 175 Å². The van der Waals surface area contributed by atoms with Gasteiger partial charge in [-0.2, -0.15) is 0 Å². The highest BCUT2D eigenvalue weighted by Gasteiger charge is 2.13. The zero-order valence-electron chi connectivity index (χ0n) is 17.2. The molecule has 0 unspecified atom stereocenters. The molecule has 0 radical (unpaired) electrons. The lowest BCUT2D eigenvalue weighted by atomic mass is 10.0. The van der Waals surface area contributed by atoms with Gasteiger partial charge in [-0.3, -0.25) is 14.8 Å². The lowest BCUT2D eigenvalue weighted by Gasteiger charge is -2.14. The van der Waals surface area contributed by atoms with E-state index in [1.807, 2.05) is 69.3 Å². The second-order valence-electron chi connectivity index (χ2n) is 7.29. The predicted octanol–water partition coefficient (Wildman–Crippen LogP) is 4.64. The maximum Gasteiger partial charge on any atom is 0.253 e. The number of H-pyrrole nitrogens is 1. The van der Waals surface area contributed by atoms with Gasteiger partial charge in [0.05, 0.1) is 17.3 Å². The molecule has 0 fully saturated rings. The van der Waals surface area contributed by atoms with E-state index in [4.69, 9.17) is 0 Å². The Morgan fingerprint density at radius 2 is 1.83 bits per heavy atom. The summed E-state index contributed by atoms with van der Waals surface area (Å²) in [6.07, 6.45) is 5.06. The van der Waals surface area contributed by atoms with Gasteiger partial charge < -0.3 is 10.3 Å². The molecule has 0 bridgehead atoms. The molecule has 1 atom stereocenters. The standard InChI is InChI=1S/C24H23N5O/c1-15-16(2)28-23(27-15)22-12-19(9-10-26-22)20-11-21(14-25-13-20)24(30)29-17(3)18-7-5-4-6-8-18/h4-14,17H,1-3H3,(H,27,28)(H,29,30)/t17-/m0/s1. The van der Waals surface area contributed by atoms with E-state index in [1.165, 1.54) is 0 Å². The number of nitrogens with one attached hydrogen (secondary N) is 2. The van der Waals surface area contributed by atoms with Gasteiger partial charge in [0.1, 0.15) is 5.69 Å². The molecule has 2 N–H and O–H groups in total. The van der Waals surface area contributed by atoms with E-state index >= 15 is 0 Å². The minimum atomic E-state index is -0.160. The molecule has 1 amide bonds. The van der Waals surface area contributed by atoms with E-state index in [2.05, 4.69) is 25.3 Å². The molecule has 4 rings (SSSR count). The number of amides is 1. The first-order chi connectivity index (χ1) is 14.5. The van der Waals surface area contributed by atoms with Crippen molar-refractivity contribution in [1.29, 1.82) is 0 Å². The molecule has 150 valence electrons. The van der Waals surface area contributed by atoms with Gasteiger partial charge in [0, 0.05) is 29.8 Å². The van der Waals surface area contributed by atoms with Crippen molar-refractivity contribution in [2.45, 2.75) is 26.8 Å². The van der Waals surface area contributed by atoms with E-state index < -0.39 is 0 Å². The zero-order valence-corrected chi connectivity index (χ0v) is 17.2. The van der Waals surface area contributed by atoms with E-state index in [9.17, 15) is 4.79 Å². The zero-order chi connectivity index (χ0) is 21.1. The van der Waals surface area contributed by atoms with Gasteiger partial charge >= 0.3 is 0 Å². The lowest BCUT2D eigenvalue weighted by Crippen LogP contribution is -2.26. The van der Waals surface area contributed by atoms with Gasteiger partial charge in [-0.1, -0.05) is 30.3 Å². The molecule has 3 aromatic heterocycles. The number of hydrogen-bond acceptors (Lipinski definition) is 4. The fraction of sp³-hybridized carbons (Fsp3) is 0.167. The average molecular weight is 397 g/mol. The molecule has 0 aliphatic carbocycles. The Hall–Kier alpha value is -3.80. The molecule has 4 aromatic rings. The van der Waals surface area contributed by atoms with E-state index in [0.29, 0.717) is 5.56 Å². The van der Waals surface area contributed by atoms with Crippen LogP contribution in [0.1, 0.15) is 40.3 Å². The Balaban J connectivity index is 1.57. The smallest absolute Gasteiger partial charge is 0.253 e. The van der Waals surface area contributed by atoms with Gasteiger partial charge in [-0.15, -0.1) is 0 Å². The third-order valence-electron chi connectivity index (χ3n) is 5.11. The largest absolute Gasteiger partial charge is 0.345 e. The van der Waals surface area contributed by atoms with Crippen molar-refractivity contribution in [3.05, 3.63) is 89.6 Å². The summed E-state index contributed by atoms with van der Waals surface area (Å²) in [7, 11) is 0. The Kier molecular flexibility index (Phi) is 5.39. The SMILES string of the molecule is Cc1nc(-c2cc(-c3cncc(C(=O)N[C@@H](C)c4ccccc4)c3)ccn2)[nH]c1C. The highest BCUT2D eigenvalue weighted by molar-refractivity contribution is 5.95. The van der Waals surface area contributed by atoms with E-state index in [1.54, 1.807) is 18.6 Å². The van der Waals surface area contributed by atoms with Crippen molar-refractivity contribution in [2.75, 3.05) is 0 Å². The number of aryl methyl sites for hydroxylation is 2. The predicted molar refractivity (Wildman–Crippen MR) is 117 cm³/mol. The third kappa shape index (κ3) is 4.12. The number of rotatable bonds is 5. The number of carbonyl (C=O) groups excluding carboxylic acids is 1. The van der Waals surface area contributed by atoms with Crippen molar-refractivity contribution >= 4 is 5.91 Å². The number of aromatic amines is 1. The molecule has 0 aliphatic rings. The van der Waals surface area contributed by atoms with Crippen LogP contribution in [0.25, 0.3) is 22.6 Å². The fourth-order valence-corrected chi connectivity index (χ4v) is 3.24. The first kappa shape index (κ1) is 19.5. The van der Waals surface area contributed by atoms with E-state index in [0.717, 1.165) is 39.6 Å². The van der Waals surface area contributed by atoms with Crippen LogP contribution >= 0.6 is 0 Å². The lowest BCUT2D eigenvalue weighted by molar-refractivity contribution is 0.0939. The summed E-state index contributed by atoms with van der Waals surface area (Å²) in [5.41, 5.74) is 6.05. The molecule has 1 aromatic carbocycles. The summed E-state index contributed by atoms with van der Waals surface area (Å²) in [5.74, 6) is 0.567. The van der Waals surface area contributed by atoms with Crippen LogP contribution in [0.4, 0.5) is 0 Å². The molecule has 0 saturated heterocycles. The van der Waals surface area contributed by atoms with Gasteiger partial charge in [-0.05, 0) is 50.1 Å². The van der Waals surface area contributed by atoms with Gasteiger partial charge in [-0.25, -0.2) is 4.98 Å². The minimum Gasteiger partial charge on any atom is -0.345 e. The van der Waals surface area contributed by atoms with E-state index in [-0.39, 0.29) is 11.9 Å². The fourth-order valence-electron chi connectivity index (χ4n) is 3.24. The first-order valence-electron chi connectivity index (χ1n) is 9.82. The van der Waals surface area contributed by atoms with Crippen molar-refractivity contribution in [2.24, 2.45) is 0 Å². The third-order valence-corrected chi connectivity index (χ3v) is 5.11. The second kappa shape index (κ2) is 8.29. The van der Waals surface area contributed by atoms with Gasteiger partial charge in [0.15, 0.2) is 5.82 Å². The highest BCUT2D eigenvalue weighted by Crippen LogP contribution is 2.24. The van der Waals surface area contributed by atoms with Crippen LogP contribution in [-0.2, 0) is 0 Å². The Morgan fingerprint density at radius 3 is 2.57 bits per heavy atom. The average Bonchev–Trinajstić information content (AvgIpc) is 3.13. The minimum absolute atomic E-state index is 0.0969. The number of nitrogens with zero attached hydrogens (tertiary/aromatic N) is 3. The molecule has 0 aliphatic heterocycles. The first-order valence-corrected chi connectivity index (χ1v) is 9.82. The van der Waals surface area contributed by atoms with Gasteiger partial charge in [0.25, 0.3) is 5.91 Å². The van der Waals surface area contributed by atoms with Gasteiger partial charge in [0.2, 0.25) is 0 Å². The van der Waals surface area contributed by atoms with Crippen LogP contribution in [0, 0.1) is 13.8 Å². The summed E-state index contributed by atoms with van der Waals surface area (Å²) < 4.78 is 0. The monoisotopic (exact) mass is 397 g/mol. The molecule has 0 saturated carbocycles. The quantitative estimate of drug-likeness (QED) is 0.514. The molecular weight excluding hydrogens is 374 g/mol. The van der Waals surface area contributed by atoms with Crippen molar-refractivity contribution in [3.8, 4) is 22.6 Å². The van der Waals surface area contributed by atoms with Crippen LogP contribution in [-0.4, -0.2) is 25.8 Å². The number of hydrogen-bond donors (Lipinski definition) is 2. The van der Waals surface area contributed by atoms with Crippen molar-refractivity contribution in [3.63, 3.8) is 0 Å². The van der Waals surface area contributed by atoms with Crippen LogP contribution < -0.4 is 5.32 Å². The van der Waals surface area contributed by atoms with Crippen LogP contribution in [0.3, 0.4) is 0 Å². The molecule has 3 heterocycles. The Bertz CT molecular complexity index is 1160. The summed E-state index contributed by atoms with van der Waals surface area (Å²) >= 11 is 0. The number of pyridine rings is 2. The Morgan fingerprint density at radius 1 is 1.03 bits per heavy atom. The summed E-state index contributed by atoms with van der Waals surface area (Å²) in [4.78, 5) is 29.2. The van der Waals surface area contributed by atoms with Crippen molar-refractivity contribution < 1.29 is 4.79 Å². The highest BCUT2D eigenvalue weighted by atomic mass is 16.1. The van der Waals surface area contributed by atoms with Crippen molar-refractivity contribution in [1.82, 2.24) is 25.3 Å². The van der Waals surface area contributed by atoms with Crippen LogP contribution in [0.15, 0.2) is 67.1 Å². The molecular formula is C24H23N5O. The molecule has 6 nitrogen and oxygen atoms in total. The molecule has 30 heavy (non-hydrogen) atoms. The number of imidazole rings is 1.